The van der Waals surface area contributed by atoms with Crippen LogP contribution in [0.25, 0.3) is 0 Å². The van der Waals surface area contributed by atoms with Gasteiger partial charge in [0.2, 0.25) is 11.8 Å². The van der Waals surface area contributed by atoms with Gasteiger partial charge in [-0.05, 0) is 18.9 Å². The molecule has 1 saturated heterocycles. The number of likely N-dealkylation sites (tertiary alicyclic amines) is 1. The van der Waals surface area contributed by atoms with E-state index in [-0.39, 0.29) is 30.3 Å². The van der Waals surface area contributed by atoms with Gasteiger partial charge in [0, 0.05) is 13.1 Å². The fourth-order valence-electron chi connectivity index (χ4n) is 2.38. The van der Waals surface area contributed by atoms with Crippen molar-refractivity contribution in [1.29, 1.82) is 0 Å². The van der Waals surface area contributed by atoms with E-state index in [1.165, 1.54) is 10.5 Å². The summed E-state index contributed by atoms with van der Waals surface area (Å²) in [5.74, 6) is -0.239. The van der Waals surface area contributed by atoms with Crippen molar-refractivity contribution < 1.29 is 9.59 Å². The van der Waals surface area contributed by atoms with Crippen molar-refractivity contribution in [3.63, 3.8) is 0 Å². The third-order valence-corrected chi connectivity index (χ3v) is 3.67. The number of hydrogen-bond donors (Lipinski definition) is 1. The Morgan fingerprint density at radius 2 is 1.95 bits per heavy atom. The molecule has 2 atom stereocenters. The van der Waals surface area contributed by atoms with Gasteiger partial charge >= 0.3 is 0 Å². The van der Waals surface area contributed by atoms with Gasteiger partial charge in [-0.15, -0.1) is 0 Å². The van der Waals surface area contributed by atoms with Crippen LogP contribution in [0.2, 0.25) is 0 Å². The molecule has 2 unspecified atom stereocenters. The molecule has 2 amide bonds. The molecule has 1 aromatic rings. The van der Waals surface area contributed by atoms with E-state index < -0.39 is 0 Å². The summed E-state index contributed by atoms with van der Waals surface area (Å²) in [6, 6.07) is 7.99. The van der Waals surface area contributed by atoms with E-state index in [2.05, 4.69) is 36.5 Å². The molecule has 0 radical (unpaired) electrons. The summed E-state index contributed by atoms with van der Waals surface area (Å²) in [5, 5.41) is 3.30. The zero-order valence-electron chi connectivity index (χ0n) is 11.6. The van der Waals surface area contributed by atoms with E-state index in [9.17, 15) is 9.59 Å². The summed E-state index contributed by atoms with van der Waals surface area (Å²) in [5.41, 5.74) is 2.37. The summed E-state index contributed by atoms with van der Waals surface area (Å²) < 4.78 is 0. The van der Waals surface area contributed by atoms with Gasteiger partial charge < -0.3 is 0 Å². The molecule has 0 aliphatic carbocycles. The molecular weight excluding hydrogens is 240 g/mol. The first-order chi connectivity index (χ1) is 9.02. The minimum atomic E-state index is -0.385. The molecule has 0 bridgehead atoms. The van der Waals surface area contributed by atoms with Crippen molar-refractivity contribution in [3.8, 4) is 0 Å². The number of rotatable bonds is 4. The SMILES string of the molecule is CCC(NC1CC(=O)N(C)C1=O)c1ccc(C)cc1. The Morgan fingerprint density at radius 1 is 1.32 bits per heavy atom. The second kappa shape index (κ2) is 5.53. The number of carbonyl (C=O) groups excluding carboxylic acids is 2. The smallest absolute Gasteiger partial charge is 0.246 e. The minimum Gasteiger partial charge on any atom is -0.299 e. The summed E-state index contributed by atoms with van der Waals surface area (Å²) in [6.45, 7) is 4.12. The highest BCUT2D eigenvalue weighted by Gasteiger charge is 2.36. The van der Waals surface area contributed by atoms with Gasteiger partial charge in [-0.25, -0.2) is 0 Å². The number of hydrogen-bond acceptors (Lipinski definition) is 3. The predicted octanol–water partition coefficient (Wildman–Crippen LogP) is 1.79. The number of likely N-dealkylation sites (N-methyl/N-ethyl adjacent to an activating group) is 1. The van der Waals surface area contributed by atoms with E-state index in [1.807, 2.05) is 6.92 Å². The van der Waals surface area contributed by atoms with Crippen molar-refractivity contribution in [2.75, 3.05) is 7.05 Å². The molecule has 1 heterocycles. The van der Waals surface area contributed by atoms with Crippen LogP contribution < -0.4 is 5.32 Å². The van der Waals surface area contributed by atoms with Crippen molar-refractivity contribution in [3.05, 3.63) is 35.4 Å². The lowest BCUT2D eigenvalue weighted by Crippen LogP contribution is -2.39. The Bertz CT molecular complexity index is 481. The Labute approximate surface area is 113 Å². The standard InChI is InChI=1S/C15H20N2O2/c1-4-12(11-7-5-10(2)6-8-11)16-13-9-14(18)17(3)15(13)19/h5-8,12-13,16H,4,9H2,1-3H3. The molecule has 1 aromatic carbocycles. The molecule has 4 heteroatoms. The number of aryl methyl sites for hydroxylation is 1. The van der Waals surface area contributed by atoms with E-state index in [0.29, 0.717) is 0 Å². The third-order valence-electron chi connectivity index (χ3n) is 3.67. The van der Waals surface area contributed by atoms with Crippen LogP contribution in [0.3, 0.4) is 0 Å². The van der Waals surface area contributed by atoms with Crippen LogP contribution in [0, 0.1) is 6.92 Å². The Kier molecular flexibility index (Phi) is 4.00. The van der Waals surface area contributed by atoms with E-state index >= 15 is 0 Å². The molecule has 0 saturated carbocycles. The van der Waals surface area contributed by atoms with Gasteiger partial charge in [0.05, 0.1) is 12.5 Å². The van der Waals surface area contributed by atoms with Gasteiger partial charge in [-0.3, -0.25) is 19.8 Å². The largest absolute Gasteiger partial charge is 0.299 e. The average molecular weight is 260 g/mol. The highest BCUT2D eigenvalue weighted by Crippen LogP contribution is 2.21. The van der Waals surface area contributed by atoms with Crippen molar-refractivity contribution in [2.45, 2.75) is 38.8 Å². The van der Waals surface area contributed by atoms with Gasteiger partial charge in [0.1, 0.15) is 0 Å². The fraction of sp³-hybridized carbons (Fsp3) is 0.467. The van der Waals surface area contributed by atoms with Crippen molar-refractivity contribution in [1.82, 2.24) is 10.2 Å². The molecule has 1 fully saturated rings. The number of amides is 2. The lowest BCUT2D eigenvalue weighted by Gasteiger charge is -2.21. The maximum atomic E-state index is 11.9. The van der Waals surface area contributed by atoms with Crippen LogP contribution in [-0.2, 0) is 9.59 Å². The number of benzene rings is 1. The third kappa shape index (κ3) is 2.84. The van der Waals surface area contributed by atoms with Gasteiger partial charge in [-0.1, -0.05) is 36.8 Å². The minimum absolute atomic E-state index is 0.105. The molecule has 1 aliphatic rings. The van der Waals surface area contributed by atoms with Gasteiger partial charge in [-0.2, -0.15) is 0 Å². The number of imide groups is 1. The maximum absolute atomic E-state index is 11.9. The normalized spacial score (nSPS) is 21.0. The number of nitrogens with zero attached hydrogens (tertiary/aromatic N) is 1. The number of nitrogens with one attached hydrogen (secondary N) is 1. The summed E-state index contributed by atoms with van der Waals surface area (Å²) in [4.78, 5) is 24.6. The molecular formula is C15H20N2O2. The van der Waals surface area contributed by atoms with Crippen LogP contribution in [0.1, 0.15) is 36.9 Å². The molecule has 1 N–H and O–H groups in total. The Morgan fingerprint density at radius 3 is 2.42 bits per heavy atom. The highest BCUT2D eigenvalue weighted by atomic mass is 16.2. The van der Waals surface area contributed by atoms with E-state index in [0.717, 1.165) is 12.0 Å². The first-order valence-electron chi connectivity index (χ1n) is 6.66. The quantitative estimate of drug-likeness (QED) is 0.840. The lowest BCUT2D eigenvalue weighted by molar-refractivity contribution is -0.137. The van der Waals surface area contributed by atoms with Crippen molar-refractivity contribution >= 4 is 11.8 Å². The molecule has 19 heavy (non-hydrogen) atoms. The van der Waals surface area contributed by atoms with Crippen LogP contribution in [-0.4, -0.2) is 29.8 Å². The molecule has 102 valence electrons. The summed E-state index contributed by atoms with van der Waals surface area (Å²) in [6.07, 6.45) is 1.14. The maximum Gasteiger partial charge on any atom is 0.246 e. The van der Waals surface area contributed by atoms with E-state index in [4.69, 9.17) is 0 Å². The van der Waals surface area contributed by atoms with Crippen LogP contribution in [0.15, 0.2) is 24.3 Å². The first kappa shape index (κ1) is 13.7. The number of carbonyl (C=O) groups is 2. The lowest BCUT2D eigenvalue weighted by atomic mass is 10.0. The topological polar surface area (TPSA) is 49.4 Å². The zero-order valence-corrected chi connectivity index (χ0v) is 11.6. The Hall–Kier alpha value is -1.68. The van der Waals surface area contributed by atoms with E-state index in [1.54, 1.807) is 7.05 Å². The highest BCUT2D eigenvalue weighted by molar-refractivity contribution is 6.05. The van der Waals surface area contributed by atoms with Gasteiger partial charge in [0.15, 0.2) is 0 Å². The van der Waals surface area contributed by atoms with Gasteiger partial charge in [0.25, 0.3) is 0 Å². The molecule has 1 aliphatic heterocycles. The molecule has 0 spiro atoms. The molecule has 0 aromatic heterocycles. The van der Waals surface area contributed by atoms with Crippen LogP contribution in [0.4, 0.5) is 0 Å². The van der Waals surface area contributed by atoms with Crippen LogP contribution in [0.5, 0.6) is 0 Å². The first-order valence-corrected chi connectivity index (χ1v) is 6.66. The summed E-state index contributed by atoms with van der Waals surface area (Å²) >= 11 is 0. The average Bonchev–Trinajstić information content (AvgIpc) is 2.65. The van der Waals surface area contributed by atoms with Crippen LogP contribution >= 0.6 is 0 Å². The zero-order chi connectivity index (χ0) is 14.0. The molecule has 2 rings (SSSR count). The second-order valence-electron chi connectivity index (χ2n) is 5.09. The predicted molar refractivity (Wildman–Crippen MR) is 73.5 cm³/mol. The fourth-order valence-corrected chi connectivity index (χ4v) is 2.38. The summed E-state index contributed by atoms with van der Waals surface area (Å²) in [7, 11) is 1.54. The molecule has 4 nitrogen and oxygen atoms in total. The second-order valence-corrected chi connectivity index (χ2v) is 5.09. The Balaban J connectivity index is 2.10. The monoisotopic (exact) mass is 260 g/mol. The van der Waals surface area contributed by atoms with Crippen molar-refractivity contribution in [2.24, 2.45) is 0 Å².